The summed E-state index contributed by atoms with van der Waals surface area (Å²) >= 11 is 0. The molecule has 1 aromatic heterocycles. The van der Waals surface area contributed by atoms with Crippen molar-refractivity contribution >= 4 is 28.5 Å². The van der Waals surface area contributed by atoms with E-state index in [1.807, 2.05) is 36.4 Å². The summed E-state index contributed by atoms with van der Waals surface area (Å²) < 4.78 is 0. The maximum Gasteiger partial charge on any atom is 0.323 e. The Morgan fingerprint density at radius 2 is 1.92 bits per heavy atom. The lowest BCUT2D eigenvalue weighted by atomic mass is 10.1. The summed E-state index contributed by atoms with van der Waals surface area (Å²) in [5.41, 5.74) is 3.81. The third-order valence-corrected chi connectivity index (χ3v) is 4.67. The number of nitrogens with zero attached hydrogens (tertiary/aromatic N) is 1. The highest BCUT2D eigenvalue weighted by molar-refractivity contribution is 6.02. The second-order valence-corrected chi connectivity index (χ2v) is 6.41. The fraction of sp³-hybridized carbons (Fsp3) is 0.211. The molecule has 0 fully saturated rings. The number of fused-ring (bicyclic) bond motifs is 2. The zero-order chi connectivity index (χ0) is 18.3. The number of nitrogens with one attached hydrogen (secondary N) is 3. The molecule has 0 radical (unpaired) electrons. The van der Waals surface area contributed by atoms with Crippen molar-refractivity contribution in [2.24, 2.45) is 0 Å². The Labute approximate surface area is 149 Å². The fourth-order valence-electron chi connectivity index (χ4n) is 3.48. The van der Waals surface area contributed by atoms with Crippen LogP contribution in [0.2, 0.25) is 0 Å². The molecule has 0 unspecified atom stereocenters. The van der Waals surface area contributed by atoms with E-state index in [0.717, 1.165) is 22.3 Å². The molecule has 0 saturated carbocycles. The number of imidazole rings is 1. The van der Waals surface area contributed by atoms with Gasteiger partial charge in [-0.15, -0.1) is 0 Å². The number of hydrogen-bond donors (Lipinski definition) is 3. The lowest BCUT2D eigenvalue weighted by Crippen LogP contribution is -2.47. The number of aromatic nitrogens is 2. The Morgan fingerprint density at radius 1 is 1.15 bits per heavy atom. The molecule has 2 amide bonds. The normalized spacial score (nSPS) is 15.9. The van der Waals surface area contributed by atoms with Crippen molar-refractivity contribution in [1.29, 1.82) is 0 Å². The van der Waals surface area contributed by atoms with Crippen molar-refractivity contribution < 1.29 is 9.59 Å². The summed E-state index contributed by atoms with van der Waals surface area (Å²) in [6.07, 6.45) is 0.506. The first-order chi connectivity index (χ1) is 12.5. The Bertz CT molecular complexity index is 1070. The monoisotopic (exact) mass is 350 g/mol. The number of carbonyl (C=O) groups excluding carboxylic acids is 2. The van der Waals surface area contributed by atoms with E-state index in [9.17, 15) is 14.4 Å². The van der Waals surface area contributed by atoms with Crippen LogP contribution >= 0.6 is 0 Å². The van der Waals surface area contributed by atoms with Crippen molar-refractivity contribution in [3.05, 3.63) is 64.1 Å². The molecule has 0 spiro atoms. The van der Waals surface area contributed by atoms with E-state index in [-0.39, 0.29) is 17.5 Å². The van der Waals surface area contributed by atoms with Gasteiger partial charge >= 0.3 is 5.69 Å². The van der Waals surface area contributed by atoms with E-state index in [1.54, 1.807) is 11.0 Å². The SMILES string of the molecule is CC(=O)N1c2ccccc2C[C@H]1C(=O)NCc1ccc2[nH]c(=O)[nH]c2c1. The lowest BCUT2D eigenvalue weighted by Gasteiger charge is -2.23. The first-order valence-electron chi connectivity index (χ1n) is 8.39. The second kappa shape index (κ2) is 6.18. The highest BCUT2D eigenvalue weighted by Gasteiger charge is 2.36. The molecule has 2 aromatic carbocycles. The van der Waals surface area contributed by atoms with Crippen molar-refractivity contribution in [3.63, 3.8) is 0 Å². The summed E-state index contributed by atoms with van der Waals surface area (Å²) in [4.78, 5) is 43.0. The molecule has 4 rings (SSSR count). The summed E-state index contributed by atoms with van der Waals surface area (Å²) in [6, 6.07) is 12.5. The van der Waals surface area contributed by atoms with Gasteiger partial charge in [0.2, 0.25) is 11.8 Å². The molecule has 1 atom stereocenters. The van der Waals surface area contributed by atoms with Gasteiger partial charge in [-0.25, -0.2) is 4.79 Å². The first-order valence-corrected chi connectivity index (χ1v) is 8.39. The molecule has 2 heterocycles. The molecule has 0 saturated heterocycles. The number of amides is 2. The molecule has 26 heavy (non-hydrogen) atoms. The number of aromatic amines is 2. The van der Waals surface area contributed by atoms with Crippen molar-refractivity contribution in [2.45, 2.75) is 25.9 Å². The van der Waals surface area contributed by atoms with Crippen LogP contribution in [-0.4, -0.2) is 27.8 Å². The molecule has 7 nitrogen and oxygen atoms in total. The molecule has 132 valence electrons. The van der Waals surface area contributed by atoms with Gasteiger partial charge < -0.3 is 15.3 Å². The molecule has 0 aliphatic carbocycles. The Kier molecular flexibility index (Phi) is 3.84. The summed E-state index contributed by atoms with van der Waals surface area (Å²) in [7, 11) is 0. The zero-order valence-corrected chi connectivity index (χ0v) is 14.2. The smallest absolute Gasteiger partial charge is 0.323 e. The number of benzene rings is 2. The maximum absolute atomic E-state index is 12.7. The standard InChI is InChI=1S/C19H18N4O3/c1-11(24)23-16-5-3-2-4-13(16)9-17(23)18(25)20-10-12-6-7-14-15(8-12)22-19(26)21-14/h2-8,17H,9-10H2,1H3,(H,20,25)(H2,21,22,26)/t17-/m0/s1. The number of carbonyl (C=O) groups is 2. The zero-order valence-electron chi connectivity index (χ0n) is 14.2. The first kappa shape index (κ1) is 16.1. The van der Waals surface area contributed by atoms with E-state index >= 15 is 0 Å². The highest BCUT2D eigenvalue weighted by atomic mass is 16.2. The van der Waals surface area contributed by atoms with Gasteiger partial charge in [0.15, 0.2) is 0 Å². The number of H-pyrrole nitrogens is 2. The van der Waals surface area contributed by atoms with Gasteiger partial charge in [-0.2, -0.15) is 0 Å². The third kappa shape index (κ3) is 2.77. The summed E-state index contributed by atoms with van der Waals surface area (Å²) in [5.74, 6) is -0.347. The van der Waals surface area contributed by atoms with Gasteiger partial charge in [0.05, 0.1) is 11.0 Å². The van der Waals surface area contributed by atoms with E-state index in [4.69, 9.17) is 0 Å². The molecule has 1 aliphatic heterocycles. The summed E-state index contributed by atoms with van der Waals surface area (Å²) in [6.45, 7) is 1.79. The van der Waals surface area contributed by atoms with E-state index in [0.29, 0.717) is 18.5 Å². The van der Waals surface area contributed by atoms with Crippen molar-refractivity contribution in [3.8, 4) is 0 Å². The van der Waals surface area contributed by atoms with E-state index in [1.165, 1.54) is 6.92 Å². The molecular formula is C19H18N4O3. The van der Waals surface area contributed by atoms with Gasteiger partial charge in [0.1, 0.15) is 6.04 Å². The van der Waals surface area contributed by atoms with Crippen LogP contribution in [0.15, 0.2) is 47.3 Å². The fourth-order valence-corrected chi connectivity index (χ4v) is 3.48. The maximum atomic E-state index is 12.7. The van der Waals surface area contributed by atoms with Gasteiger partial charge in [-0.05, 0) is 29.3 Å². The molecule has 3 aromatic rings. The number of para-hydroxylation sites is 1. The predicted molar refractivity (Wildman–Crippen MR) is 97.9 cm³/mol. The van der Waals surface area contributed by atoms with Gasteiger partial charge in [0, 0.05) is 25.6 Å². The van der Waals surface area contributed by atoms with Crippen molar-refractivity contribution in [1.82, 2.24) is 15.3 Å². The van der Waals surface area contributed by atoms with Crippen molar-refractivity contribution in [2.75, 3.05) is 4.90 Å². The minimum absolute atomic E-state index is 0.151. The van der Waals surface area contributed by atoms with Crippen LogP contribution in [0, 0.1) is 0 Å². The topological polar surface area (TPSA) is 98.1 Å². The van der Waals surface area contributed by atoms with Gasteiger partial charge in [0.25, 0.3) is 0 Å². The van der Waals surface area contributed by atoms with Crippen LogP contribution in [0.5, 0.6) is 0 Å². The molecule has 3 N–H and O–H groups in total. The molecule has 7 heteroatoms. The predicted octanol–water partition coefficient (Wildman–Crippen LogP) is 1.45. The Hall–Kier alpha value is -3.35. The number of hydrogen-bond acceptors (Lipinski definition) is 3. The van der Waals surface area contributed by atoms with Gasteiger partial charge in [-0.3, -0.25) is 14.5 Å². The average Bonchev–Trinajstić information content (AvgIpc) is 3.18. The highest BCUT2D eigenvalue weighted by Crippen LogP contribution is 2.32. The van der Waals surface area contributed by atoms with Crippen LogP contribution in [0.3, 0.4) is 0 Å². The second-order valence-electron chi connectivity index (χ2n) is 6.41. The van der Waals surface area contributed by atoms with E-state index < -0.39 is 6.04 Å². The van der Waals surface area contributed by atoms with Crippen LogP contribution in [0.1, 0.15) is 18.1 Å². The minimum atomic E-state index is -0.541. The van der Waals surface area contributed by atoms with Crippen LogP contribution in [0.25, 0.3) is 11.0 Å². The Balaban J connectivity index is 1.50. The quantitative estimate of drug-likeness (QED) is 0.667. The molecule has 0 bridgehead atoms. The Morgan fingerprint density at radius 3 is 2.73 bits per heavy atom. The minimum Gasteiger partial charge on any atom is -0.350 e. The van der Waals surface area contributed by atoms with Gasteiger partial charge in [-0.1, -0.05) is 24.3 Å². The molecular weight excluding hydrogens is 332 g/mol. The van der Waals surface area contributed by atoms with Crippen LogP contribution < -0.4 is 15.9 Å². The van der Waals surface area contributed by atoms with E-state index in [2.05, 4.69) is 15.3 Å². The van der Waals surface area contributed by atoms with Crippen LogP contribution in [-0.2, 0) is 22.6 Å². The lowest BCUT2D eigenvalue weighted by molar-refractivity contribution is -0.125. The number of anilines is 1. The molecule has 1 aliphatic rings. The number of rotatable bonds is 3. The average molecular weight is 350 g/mol. The van der Waals surface area contributed by atoms with Crippen LogP contribution in [0.4, 0.5) is 5.69 Å². The summed E-state index contributed by atoms with van der Waals surface area (Å²) in [5, 5.41) is 2.90. The largest absolute Gasteiger partial charge is 0.350 e. The third-order valence-electron chi connectivity index (χ3n) is 4.67.